The van der Waals surface area contributed by atoms with Crippen molar-refractivity contribution in [3.63, 3.8) is 0 Å². The van der Waals surface area contributed by atoms with Crippen molar-refractivity contribution < 1.29 is 4.74 Å². The molecule has 0 spiro atoms. The number of rotatable bonds is 2. The van der Waals surface area contributed by atoms with Gasteiger partial charge in [-0.25, -0.2) is 9.78 Å². The van der Waals surface area contributed by atoms with E-state index in [0.717, 1.165) is 38.8 Å². The van der Waals surface area contributed by atoms with E-state index in [2.05, 4.69) is 16.0 Å². The summed E-state index contributed by atoms with van der Waals surface area (Å²) in [5.74, 6) is 0.525. The number of hydrogen-bond donors (Lipinski definition) is 0. The summed E-state index contributed by atoms with van der Waals surface area (Å²) in [7, 11) is 5.37. The van der Waals surface area contributed by atoms with Crippen LogP contribution in [0.2, 0.25) is 0 Å². The van der Waals surface area contributed by atoms with Gasteiger partial charge in [-0.1, -0.05) is 17.6 Å². The standard InChI is InChI=1S/C18H17BN4O2/c1-10-14(6-7-16(21-10)25-3)23-17-12-8-11(19)4-5-13(12)20-9-15(17)22(2)18(23)24/h4-9H,19H2,1-3H3. The van der Waals surface area contributed by atoms with E-state index in [1.54, 1.807) is 35.6 Å². The van der Waals surface area contributed by atoms with E-state index in [-0.39, 0.29) is 5.69 Å². The molecular weight excluding hydrogens is 315 g/mol. The monoisotopic (exact) mass is 332 g/mol. The topological polar surface area (TPSA) is 61.9 Å². The molecule has 0 bridgehead atoms. The van der Waals surface area contributed by atoms with Gasteiger partial charge < -0.3 is 4.74 Å². The first-order chi connectivity index (χ1) is 12.0. The van der Waals surface area contributed by atoms with E-state index >= 15 is 0 Å². The largest absolute Gasteiger partial charge is 0.481 e. The van der Waals surface area contributed by atoms with E-state index in [9.17, 15) is 4.79 Å². The number of aryl methyl sites for hydroxylation is 2. The molecule has 0 saturated heterocycles. The zero-order valence-electron chi connectivity index (χ0n) is 14.6. The highest BCUT2D eigenvalue weighted by atomic mass is 16.5. The Bertz CT molecular complexity index is 1190. The molecule has 0 saturated carbocycles. The van der Waals surface area contributed by atoms with Gasteiger partial charge in [0, 0.05) is 18.5 Å². The fourth-order valence-electron chi connectivity index (χ4n) is 3.22. The number of pyridine rings is 2. The van der Waals surface area contributed by atoms with Crippen LogP contribution in [0.3, 0.4) is 0 Å². The van der Waals surface area contributed by atoms with Crippen LogP contribution in [0.15, 0.2) is 41.3 Å². The number of hydrogen-bond acceptors (Lipinski definition) is 4. The maximum absolute atomic E-state index is 13.0. The van der Waals surface area contributed by atoms with Gasteiger partial charge in [0.15, 0.2) is 0 Å². The van der Waals surface area contributed by atoms with Gasteiger partial charge in [0.1, 0.15) is 7.85 Å². The maximum Gasteiger partial charge on any atom is 0.333 e. The van der Waals surface area contributed by atoms with Crippen LogP contribution in [-0.4, -0.2) is 34.1 Å². The second-order valence-corrected chi connectivity index (χ2v) is 6.15. The Labute approximate surface area is 145 Å². The highest BCUT2D eigenvalue weighted by Gasteiger charge is 2.18. The third-order valence-corrected chi connectivity index (χ3v) is 4.52. The van der Waals surface area contributed by atoms with Gasteiger partial charge in [-0.3, -0.25) is 14.1 Å². The molecule has 3 heterocycles. The summed E-state index contributed by atoms with van der Waals surface area (Å²) in [5.41, 5.74) is 4.96. The smallest absolute Gasteiger partial charge is 0.333 e. The Balaban J connectivity index is 2.19. The number of methoxy groups -OCH3 is 1. The summed E-state index contributed by atoms with van der Waals surface area (Å²) >= 11 is 0. The summed E-state index contributed by atoms with van der Waals surface area (Å²) in [6.07, 6.45) is 1.75. The highest BCUT2D eigenvalue weighted by molar-refractivity contribution is 6.33. The van der Waals surface area contributed by atoms with Gasteiger partial charge >= 0.3 is 5.69 Å². The van der Waals surface area contributed by atoms with Gasteiger partial charge in [0.25, 0.3) is 0 Å². The molecule has 0 fully saturated rings. The molecular formula is C18H17BN4O2. The number of aromatic nitrogens is 4. The van der Waals surface area contributed by atoms with Gasteiger partial charge in [-0.05, 0) is 19.1 Å². The molecule has 0 unspecified atom stereocenters. The normalized spacial score (nSPS) is 11.3. The van der Waals surface area contributed by atoms with Crippen LogP contribution >= 0.6 is 0 Å². The number of fused-ring (bicyclic) bond motifs is 3. The lowest BCUT2D eigenvalue weighted by atomic mass is 9.94. The summed E-state index contributed by atoms with van der Waals surface area (Å²) in [4.78, 5) is 21.9. The lowest BCUT2D eigenvalue weighted by molar-refractivity contribution is 0.397. The average Bonchev–Trinajstić information content (AvgIpc) is 2.86. The fourth-order valence-corrected chi connectivity index (χ4v) is 3.22. The van der Waals surface area contributed by atoms with Crippen LogP contribution in [0, 0.1) is 6.92 Å². The molecule has 7 heteroatoms. The molecule has 0 amide bonds. The number of benzene rings is 1. The maximum atomic E-state index is 13.0. The van der Waals surface area contributed by atoms with Gasteiger partial charge in [0.05, 0.1) is 41.2 Å². The van der Waals surface area contributed by atoms with Crippen molar-refractivity contribution in [1.82, 2.24) is 19.1 Å². The molecule has 0 aliphatic rings. The average molecular weight is 332 g/mol. The van der Waals surface area contributed by atoms with Crippen molar-refractivity contribution >= 4 is 35.2 Å². The highest BCUT2D eigenvalue weighted by Crippen LogP contribution is 2.26. The SMILES string of the molecule is Bc1ccc2ncc3c(c2c1)n(-c1ccc(OC)nc1C)c(=O)n3C. The van der Waals surface area contributed by atoms with E-state index in [1.165, 1.54) is 0 Å². The van der Waals surface area contributed by atoms with Crippen LogP contribution in [0.5, 0.6) is 5.88 Å². The predicted octanol–water partition coefficient (Wildman–Crippen LogP) is 0.848. The summed E-state index contributed by atoms with van der Waals surface area (Å²) in [5, 5.41) is 0.949. The number of ether oxygens (including phenoxy) is 1. The van der Waals surface area contributed by atoms with E-state index in [1.807, 2.05) is 33.0 Å². The summed E-state index contributed by atoms with van der Waals surface area (Å²) in [6, 6.07) is 9.69. The second kappa shape index (κ2) is 5.48. The molecule has 0 atom stereocenters. The van der Waals surface area contributed by atoms with Crippen LogP contribution in [0.25, 0.3) is 27.6 Å². The van der Waals surface area contributed by atoms with Gasteiger partial charge in [-0.15, -0.1) is 0 Å². The fraction of sp³-hybridized carbons (Fsp3) is 0.167. The summed E-state index contributed by atoms with van der Waals surface area (Å²) < 4.78 is 8.51. The molecule has 4 aromatic rings. The first-order valence-electron chi connectivity index (χ1n) is 8.00. The van der Waals surface area contributed by atoms with E-state index in [4.69, 9.17) is 4.74 Å². The predicted molar refractivity (Wildman–Crippen MR) is 101 cm³/mol. The summed E-state index contributed by atoms with van der Waals surface area (Å²) in [6.45, 7) is 1.87. The molecule has 124 valence electrons. The first-order valence-corrected chi connectivity index (χ1v) is 8.00. The molecule has 4 rings (SSSR count). The van der Waals surface area contributed by atoms with Crippen molar-refractivity contribution in [2.75, 3.05) is 7.11 Å². The van der Waals surface area contributed by atoms with Crippen molar-refractivity contribution in [3.05, 3.63) is 52.7 Å². The minimum atomic E-state index is -0.124. The number of nitrogens with zero attached hydrogens (tertiary/aromatic N) is 4. The number of imidazole rings is 1. The third-order valence-electron chi connectivity index (χ3n) is 4.52. The quantitative estimate of drug-likeness (QED) is 0.511. The molecule has 1 aromatic carbocycles. The Morgan fingerprint density at radius 1 is 1.20 bits per heavy atom. The van der Waals surface area contributed by atoms with Crippen LogP contribution in [-0.2, 0) is 7.05 Å². The second-order valence-electron chi connectivity index (χ2n) is 6.15. The van der Waals surface area contributed by atoms with Gasteiger partial charge in [0.2, 0.25) is 5.88 Å². The Morgan fingerprint density at radius 3 is 2.72 bits per heavy atom. The van der Waals surface area contributed by atoms with Gasteiger partial charge in [-0.2, -0.15) is 0 Å². The lowest BCUT2D eigenvalue weighted by Gasteiger charge is -2.10. The van der Waals surface area contributed by atoms with Crippen LogP contribution in [0.4, 0.5) is 0 Å². The minimum absolute atomic E-state index is 0.124. The Morgan fingerprint density at radius 2 is 2.00 bits per heavy atom. The zero-order chi connectivity index (χ0) is 17.7. The molecule has 6 nitrogen and oxygen atoms in total. The van der Waals surface area contributed by atoms with Crippen molar-refractivity contribution in [2.45, 2.75) is 6.92 Å². The Kier molecular flexibility index (Phi) is 3.38. The van der Waals surface area contributed by atoms with Crippen molar-refractivity contribution in [2.24, 2.45) is 7.05 Å². The molecule has 0 radical (unpaired) electrons. The minimum Gasteiger partial charge on any atom is -0.481 e. The van der Waals surface area contributed by atoms with Crippen molar-refractivity contribution in [3.8, 4) is 11.6 Å². The van der Waals surface area contributed by atoms with Crippen LogP contribution < -0.4 is 15.9 Å². The third kappa shape index (κ3) is 2.23. The molecule has 3 aromatic heterocycles. The molecule has 0 N–H and O–H groups in total. The van der Waals surface area contributed by atoms with E-state index < -0.39 is 0 Å². The van der Waals surface area contributed by atoms with Crippen LogP contribution in [0.1, 0.15) is 5.69 Å². The molecule has 0 aliphatic heterocycles. The lowest BCUT2D eigenvalue weighted by Crippen LogP contribution is -2.21. The van der Waals surface area contributed by atoms with Crippen molar-refractivity contribution in [1.29, 1.82) is 0 Å². The molecule has 25 heavy (non-hydrogen) atoms. The Hall–Kier alpha value is -3.09. The van der Waals surface area contributed by atoms with E-state index in [0.29, 0.717) is 5.88 Å². The molecule has 0 aliphatic carbocycles. The zero-order valence-corrected chi connectivity index (χ0v) is 14.6. The first kappa shape index (κ1) is 15.4.